The van der Waals surface area contributed by atoms with Crippen molar-refractivity contribution in [3.05, 3.63) is 71.0 Å². The molecule has 0 aliphatic heterocycles. The highest BCUT2D eigenvalue weighted by molar-refractivity contribution is 5.85. The number of carbonyl (C=O) groups is 1. The van der Waals surface area contributed by atoms with E-state index in [1.54, 1.807) is 57.2 Å². The van der Waals surface area contributed by atoms with E-state index in [2.05, 4.69) is 25.6 Å². The van der Waals surface area contributed by atoms with Gasteiger partial charge in [-0.1, -0.05) is 6.07 Å². The lowest BCUT2D eigenvalue weighted by Gasteiger charge is -2.19. The van der Waals surface area contributed by atoms with Crippen LogP contribution in [0, 0.1) is 5.82 Å². The van der Waals surface area contributed by atoms with Crippen molar-refractivity contribution in [1.82, 2.24) is 19.5 Å². The van der Waals surface area contributed by atoms with Gasteiger partial charge in [-0.05, 0) is 63.2 Å². The van der Waals surface area contributed by atoms with Gasteiger partial charge in [0.25, 0.3) is 0 Å². The number of aromatic amines is 1. The fourth-order valence-corrected chi connectivity index (χ4v) is 3.01. The fraction of sp³-hybridized carbons (Fsp3) is 0.182. The van der Waals surface area contributed by atoms with Crippen molar-refractivity contribution >= 4 is 34.6 Å². The molecular formula is C22H21FN6O3. The number of halogens is 1. The number of benzene rings is 2. The number of fused-ring (bicyclic) bond motifs is 1. The first kappa shape index (κ1) is 21.0. The van der Waals surface area contributed by atoms with Gasteiger partial charge < -0.3 is 15.0 Å². The Labute approximate surface area is 182 Å². The molecule has 2 heterocycles. The number of carbonyl (C=O) groups excluding carboxylic acids is 1. The van der Waals surface area contributed by atoms with Crippen molar-refractivity contribution in [2.45, 2.75) is 26.4 Å². The van der Waals surface area contributed by atoms with Gasteiger partial charge in [-0.15, -0.1) is 0 Å². The van der Waals surface area contributed by atoms with Gasteiger partial charge in [0.2, 0.25) is 5.95 Å². The van der Waals surface area contributed by atoms with Gasteiger partial charge in [0, 0.05) is 11.4 Å². The predicted molar refractivity (Wildman–Crippen MR) is 119 cm³/mol. The second kappa shape index (κ2) is 8.14. The Kier molecular flexibility index (Phi) is 5.35. The lowest BCUT2D eigenvalue weighted by molar-refractivity contribution is 0.0636. The minimum absolute atomic E-state index is 0.236. The molecule has 0 bridgehead atoms. The topological polar surface area (TPSA) is 114 Å². The normalized spacial score (nSPS) is 11.4. The number of nitrogens with one attached hydrogen (secondary N) is 3. The molecule has 0 spiro atoms. The Morgan fingerprint density at radius 3 is 2.59 bits per heavy atom. The summed E-state index contributed by atoms with van der Waals surface area (Å²) in [4.78, 5) is 36.0. The van der Waals surface area contributed by atoms with Crippen LogP contribution in [0.1, 0.15) is 20.8 Å². The van der Waals surface area contributed by atoms with Gasteiger partial charge in [-0.25, -0.2) is 23.5 Å². The van der Waals surface area contributed by atoms with Crippen LogP contribution >= 0.6 is 0 Å². The Morgan fingerprint density at radius 2 is 1.88 bits per heavy atom. The van der Waals surface area contributed by atoms with Crippen molar-refractivity contribution in [2.75, 3.05) is 10.6 Å². The zero-order valence-corrected chi connectivity index (χ0v) is 17.6. The molecule has 0 aliphatic carbocycles. The molecule has 1 amide bonds. The maximum absolute atomic E-state index is 13.1. The van der Waals surface area contributed by atoms with E-state index in [-0.39, 0.29) is 11.8 Å². The average Bonchev–Trinajstić information content (AvgIpc) is 3.03. The van der Waals surface area contributed by atoms with Crippen LogP contribution < -0.4 is 16.3 Å². The van der Waals surface area contributed by atoms with Crippen LogP contribution in [0.2, 0.25) is 0 Å². The van der Waals surface area contributed by atoms with Crippen molar-refractivity contribution in [1.29, 1.82) is 0 Å². The highest BCUT2D eigenvalue weighted by Crippen LogP contribution is 2.20. The molecule has 3 N–H and O–H groups in total. The summed E-state index contributed by atoms with van der Waals surface area (Å²) < 4.78 is 19.8. The molecule has 4 aromatic rings. The molecule has 2 aromatic carbocycles. The van der Waals surface area contributed by atoms with E-state index >= 15 is 0 Å². The summed E-state index contributed by atoms with van der Waals surface area (Å²) in [5, 5.41) is 5.63. The van der Waals surface area contributed by atoms with E-state index in [0.717, 1.165) is 0 Å². The number of anilines is 3. The van der Waals surface area contributed by atoms with E-state index in [4.69, 9.17) is 4.74 Å². The Bertz CT molecular complexity index is 1340. The first-order valence-corrected chi connectivity index (χ1v) is 9.79. The van der Waals surface area contributed by atoms with Crippen LogP contribution in [-0.4, -0.2) is 31.2 Å². The minimum atomic E-state index is -0.639. The zero-order chi connectivity index (χ0) is 22.9. The van der Waals surface area contributed by atoms with E-state index in [1.165, 1.54) is 22.9 Å². The molecule has 10 heteroatoms. The molecule has 0 aliphatic rings. The molecule has 0 saturated carbocycles. The number of H-pyrrole nitrogens is 1. The third-order valence-corrected chi connectivity index (χ3v) is 4.28. The number of imidazole rings is 1. The van der Waals surface area contributed by atoms with E-state index in [0.29, 0.717) is 28.2 Å². The Hall–Kier alpha value is -4.21. The highest BCUT2D eigenvalue weighted by atomic mass is 19.1. The molecule has 164 valence electrons. The molecule has 0 atom stereocenters. The van der Waals surface area contributed by atoms with Crippen LogP contribution in [0.25, 0.3) is 16.9 Å². The first-order chi connectivity index (χ1) is 15.2. The number of hydrogen-bond donors (Lipinski definition) is 3. The molecular weight excluding hydrogens is 415 g/mol. The predicted octanol–water partition coefficient (Wildman–Crippen LogP) is 4.34. The molecule has 0 fully saturated rings. The van der Waals surface area contributed by atoms with Crippen LogP contribution in [0.5, 0.6) is 0 Å². The van der Waals surface area contributed by atoms with Crippen molar-refractivity contribution in [3.63, 3.8) is 0 Å². The summed E-state index contributed by atoms with van der Waals surface area (Å²) in [5.74, 6) is -0.119. The smallest absolute Gasteiger partial charge is 0.412 e. The second-order valence-corrected chi connectivity index (χ2v) is 8.01. The van der Waals surface area contributed by atoms with E-state index in [9.17, 15) is 14.0 Å². The van der Waals surface area contributed by atoms with Crippen molar-refractivity contribution in [3.8, 4) is 5.69 Å². The second-order valence-electron chi connectivity index (χ2n) is 8.01. The molecule has 9 nitrogen and oxygen atoms in total. The molecule has 0 saturated heterocycles. The summed E-state index contributed by atoms with van der Waals surface area (Å²) in [5.41, 5.74) is 1.26. The third-order valence-electron chi connectivity index (χ3n) is 4.28. The van der Waals surface area contributed by atoms with Crippen molar-refractivity contribution < 1.29 is 13.9 Å². The molecule has 0 unspecified atom stereocenters. The summed E-state index contributed by atoms with van der Waals surface area (Å²) in [6, 6.07) is 12.5. The van der Waals surface area contributed by atoms with Gasteiger partial charge in [0.1, 0.15) is 16.9 Å². The number of hydrogen-bond acceptors (Lipinski definition) is 6. The number of rotatable bonds is 4. The monoisotopic (exact) mass is 436 g/mol. The minimum Gasteiger partial charge on any atom is -0.444 e. The quantitative estimate of drug-likeness (QED) is 0.439. The van der Waals surface area contributed by atoms with E-state index < -0.39 is 17.4 Å². The summed E-state index contributed by atoms with van der Waals surface area (Å²) in [7, 11) is 0. The van der Waals surface area contributed by atoms with Gasteiger partial charge >= 0.3 is 11.8 Å². The summed E-state index contributed by atoms with van der Waals surface area (Å²) in [6.45, 7) is 5.31. The zero-order valence-electron chi connectivity index (χ0n) is 17.6. The SMILES string of the molecule is CC(C)(C)OC(=O)Nc1cccc(-n2c(=O)[nH]c3cnc(Nc4ccc(F)cc4)nc32)c1. The lowest BCUT2D eigenvalue weighted by Crippen LogP contribution is -2.27. The Morgan fingerprint density at radius 1 is 1.12 bits per heavy atom. The summed E-state index contributed by atoms with van der Waals surface area (Å²) >= 11 is 0. The van der Waals surface area contributed by atoms with Gasteiger partial charge in [-0.2, -0.15) is 4.98 Å². The fourth-order valence-electron chi connectivity index (χ4n) is 3.01. The first-order valence-electron chi connectivity index (χ1n) is 9.79. The number of ether oxygens (including phenoxy) is 1. The molecule has 4 rings (SSSR count). The number of nitrogens with zero attached hydrogens (tertiary/aromatic N) is 3. The van der Waals surface area contributed by atoms with Crippen LogP contribution in [0.4, 0.5) is 26.5 Å². The number of amides is 1. The lowest BCUT2D eigenvalue weighted by atomic mass is 10.2. The van der Waals surface area contributed by atoms with Gasteiger partial charge in [0.05, 0.1) is 11.9 Å². The molecule has 32 heavy (non-hydrogen) atoms. The molecule has 0 radical (unpaired) electrons. The maximum Gasteiger partial charge on any atom is 0.412 e. The van der Waals surface area contributed by atoms with Crippen LogP contribution in [-0.2, 0) is 4.74 Å². The summed E-state index contributed by atoms with van der Waals surface area (Å²) in [6.07, 6.45) is 0.878. The maximum atomic E-state index is 13.1. The largest absolute Gasteiger partial charge is 0.444 e. The average molecular weight is 436 g/mol. The molecule has 2 aromatic heterocycles. The van der Waals surface area contributed by atoms with Gasteiger partial charge in [0.15, 0.2) is 5.65 Å². The van der Waals surface area contributed by atoms with Gasteiger partial charge in [-0.3, -0.25) is 5.32 Å². The standard InChI is InChI=1S/C22H21FN6O3/c1-22(2,3)32-21(31)26-15-5-4-6-16(11-15)29-18-17(27-20(29)30)12-24-19(28-18)25-14-9-7-13(23)8-10-14/h4-12H,1-3H3,(H,26,31)(H,27,30)(H,24,25,28). The number of aromatic nitrogens is 4. The highest BCUT2D eigenvalue weighted by Gasteiger charge is 2.17. The van der Waals surface area contributed by atoms with Crippen LogP contribution in [0.3, 0.4) is 0 Å². The van der Waals surface area contributed by atoms with Crippen molar-refractivity contribution in [2.24, 2.45) is 0 Å². The van der Waals surface area contributed by atoms with E-state index in [1.807, 2.05) is 0 Å². The Balaban J connectivity index is 1.66. The van der Waals surface area contributed by atoms with Crippen LogP contribution in [0.15, 0.2) is 59.5 Å². The third kappa shape index (κ3) is 4.75.